The maximum atomic E-state index is 5.40. The highest BCUT2D eigenvalue weighted by Gasteiger charge is 2.28. The van der Waals surface area contributed by atoms with E-state index in [2.05, 4.69) is 53.2 Å². The summed E-state index contributed by atoms with van der Waals surface area (Å²) in [6.45, 7) is 10.4. The average molecular weight is 343 g/mol. The largest absolute Gasteiger partial charge is 0.481 e. The third kappa shape index (κ3) is 3.70. The first-order valence-electron chi connectivity index (χ1n) is 8.97. The van der Waals surface area contributed by atoms with Crippen molar-refractivity contribution in [1.29, 1.82) is 0 Å². The molecule has 3 rings (SSSR count). The summed E-state index contributed by atoms with van der Waals surface area (Å²) in [6, 6.07) is 4.86. The van der Waals surface area contributed by atoms with Crippen LogP contribution in [0.5, 0.6) is 5.88 Å². The van der Waals surface area contributed by atoms with Gasteiger partial charge in [-0.2, -0.15) is 0 Å². The van der Waals surface area contributed by atoms with Gasteiger partial charge in [0.1, 0.15) is 5.82 Å². The molecule has 0 N–H and O–H groups in total. The average Bonchev–Trinajstić information content (AvgIpc) is 3.01. The van der Waals surface area contributed by atoms with Gasteiger partial charge in [-0.15, -0.1) is 0 Å². The van der Waals surface area contributed by atoms with E-state index in [1.807, 2.05) is 12.3 Å². The molecular weight excluding hydrogens is 314 g/mol. The molecule has 0 radical (unpaired) electrons. The second-order valence-electron chi connectivity index (χ2n) is 7.09. The Morgan fingerprint density at radius 1 is 1.32 bits per heavy atom. The second-order valence-corrected chi connectivity index (χ2v) is 7.09. The second kappa shape index (κ2) is 7.54. The lowest BCUT2D eigenvalue weighted by atomic mass is 10.1. The van der Waals surface area contributed by atoms with E-state index in [4.69, 9.17) is 9.72 Å². The molecule has 3 heterocycles. The van der Waals surface area contributed by atoms with E-state index in [9.17, 15) is 0 Å². The number of imidazole rings is 1. The molecule has 0 bridgehead atoms. The summed E-state index contributed by atoms with van der Waals surface area (Å²) in [5.74, 6) is 1.86. The molecule has 2 aromatic heterocycles. The van der Waals surface area contributed by atoms with Crippen LogP contribution in [0.3, 0.4) is 0 Å². The molecule has 0 aromatic carbocycles. The van der Waals surface area contributed by atoms with Gasteiger partial charge in [-0.1, -0.05) is 6.07 Å². The van der Waals surface area contributed by atoms with Crippen molar-refractivity contribution in [3.05, 3.63) is 41.6 Å². The summed E-state index contributed by atoms with van der Waals surface area (Å²) < 4.78 is 7.79. The van der Waals surface area contributed by atoms with E-state index in [0.29, 0.717) is 11.9 Å². The number of fused-ring (bicyclic) bond motifs is 1. The first-order chi connectivity index (χ1) is 12.0. The van der Waals surface area contributed by atoms with Crippen molar-refractivity contribution in [3.63, 3.8) is 0 Å². The minimum atomic E-state index is 0.275. The van der Waals surface area contributed by atoms with Crippen LogP contribution in [-0.4, -0.2) is 51.1 Å². The molecule has 0 fully saturated rings. The van der Waals surface area contributed by atoms with Crippen molar-refractivity contribution >= 4 is 0 Å². The van der Waals surface area contributed by atoms with Crippen LogP contribution < -0.4 is 4.74 Å². The van der Waals surface area contributed by atoms with Crippen molar-refractivity contribution in [2.75, 3.05) is 20.7 Å². The summed E-state index contributed by atoms with van der Waals surface area (Å²) >= 11 is 0. The zero-order valence-corrected chi connectivity index (χ0v) is 15.9. The van der Waals surface area contributed by atoms with Crippen molar-refractivity contribution in [2.45, 2.75) is 52.5 Å². The van der Waals surface area contributed by atoms with E-state index >= 15 is 0 Å². The Balaban J connectivity index is 1.76. The molecule has 136 valence electrons. The third-order valence-electron chi connectivity index (χ3n) is 5.21. The molecule has 0 saturated carbocycles. The van der Waals surface area contributed by atoms with E-state index in [0.717, 1.165) is 37.6 Å². The normalized spacial score (nSPS) is 18.0. The Hall–Kier alpha value is -1.92. The molecule has 2 aromatic rings. The number of rotatable bonds is 6. The topological polar surface area (TPSA) is 46.4 Å². The molecule has 1 atom stereocenters. The quantitative estimate of drug-likeness (QED) is 0.807. The van der Waals surface area contributed by atoms with Gasteiger partial charge in [-0.05, 0) is 33.9 Å². The van der Waals surface area contributed by atoms with Crippen LogP contribution in [0.15, 0.2) is 24.5 Å². The minimum absolute atomic E-state index is 0.275. The van der Waals surface area contributed by atoms with Gasteiger partial charge < -0.3 is 9.30 Å². The van der Waals surface area contributed by atoms with E-state index in [-0.39, 0.29) is 6.04 Å². The molecule has 0 amide bonds. The van der Waals surface area contributed by atoms with Gasteiger partial charge in [0.2, 0.25) is 5.88 Å². The van der Waals surface area contributed by atoms with Gasteiger partial charge >= 0.3 is 0 Å². The maximum absolute atomic E-state index is 5.40. The Morgan fingerprint density at radius 3 is 2.84 bits per heavy atom. The van der Waals surface area contributed by atoms with Crippen molar-refractivity contribution in [3.8, 4) is 5.88 Å². The van der Waals surface area contributed by atoms with Crippen molar-refractivity contribution in [2.24, 2.45) is 0 Å². The lowest BCUT2D eigenvalue weighted by molar-refractivity contribution is 0.150. The summed E-state index contributed by atoms with van der Waals surface area (Å²) in [7, 11) is 3.84. The monoisotopic (exact) mass is 343 g/mol. The number of hydrogen-bond acceptors (Lipinski definition) is 5. The van der Waals surface area contributed by atoms with Gasteiger partial charge in [0.25, 0.3) is 0 Å². The van der Waals surface area contributed by atoms with Gasteiger partial charge in [0, 0.05) is 50.2 Å². The van der Waals surface area contributed by atoms with Crippen LogP contribution >= 0.6 is 0 Å². The molecule has 6 heteroatoms. The predicted molar refractivity (Wildman–Crippen MR) is 98.4 cm³/mol. The first-order valence-corrected chi connectivity index (χ1v) is 8.97. The SMILES string of the molecule is COc1ncccc1CN1CCn2c(CN(C)C(C)C)cnc2C1C. The zero-order chi connectivity index (χ0) is 18.0. The maximum Gasteiger partial charge on any atom is 0.217 e. The number of aromatic nitrogens is 3. The third-order valence-corrected chi connectivity index (χ3v) is 5.21. The minimum Gasteiger partial charge on any atom is -0.481 e. The van der Waals surface area contributed by atoms with Gasteiger partial charge in [-0.25, -0.2) is 9.97 Å². The van der Waals surface area contributed by atoms with Gasteiger partial charge in [0.15, 0.2) is 0 Å². The number of pyridine rings is 1. The van der Waals surface area contributed by atoms with Crippen LogP contribution in [0.1, 0.15) is 43.9 Å². The highest BCUT2D eigenvalue weighted by molar-refractivity contribution is 5.25. The molecule has 1 aliphatic heterocycles. The van der Waals surface area contributed by atoms with Crippen LogP contribution in [0.4, 0.5) is 0 Å². The van der Waals surface area contributed by atoms with E-state index < -0.39 is 0 Å². The van der Waals surface area contributed by atoms with Crippen molar-refractivity contribution in [1.82, 2.24) is 24.3 Å². The molecule has 0 saturated heterocycles. The van der Waals surface area contributed by atoms with E-state index in [1.165, 1.54) is 5.69 Å². The Bertz CT molecular complexity index is 712. The van der Waals surface area contributed by atoms with Gasteiger partial charge in [0.05, 0.1) is 18.8 Å². The summed E-state index contributed by atoms with van der Waals surface area (Å²) in [5.41, 5.74) is 2.42. The summed E-state index contributed by atoms with van der Waals surface area (Å²) in [6.07, 6.45) is 3.81. The standard InChI is InChI=1S/C19H29N5O/c1-14(2)22(4)13-17-11-21-18-15(3)23(9-10-24(17)18)12-16-7-6-8-20-19(16)25-5/h6-8,11,14-15H,9-10,12-13H2,1-5H3. The fraction of sp³-hybridized carbons (Fsp3) is 0.579. The molecule has 1 aliphatic rings. The highest BCUT2D eigenvalue weighted by atomic mass is 16.5. The number of ether oxygens (including phenoxy) is 1. The predicted octanol–water partition coefficient (Wildman–Crippen LogP) is 2.70. The number of hydrogen-bond donors (Lipinski definition) is 0. The zero-order valence-electron chi connectivity index (χ0n) is 15.9. The summed E-state index contributed by atoms with van der Waals surface area (Å²) in [5, 5.41) is 0. The highest BCUT2D eigenvalue weighted by Crippen LogP contribution is 2.28. The Labute approximate surface area is 150 Å². The Morgan fingerprint density at radius 2 is 2.12 bits per heavy atom. The molecule has 6 nitrogen and oxygen atoms in total. The fourth-order valence-corrected chi connectivity index (χ4v) is 3.33. The van der Waals surface area contributed by atoms with Crippen LogP contribution in [0.25, 0.3) is 0 Å². The molecule has 0 aliphatic carbocycles. The molecular formula is C19H29N5O. The smallest absolute Gasteiger partial charge is 0.217 e. The van der Waals surface area contributed by atoms with Crippen LogP contribution in [0, 0.1) is 0 Å². The summed E-state index contributed by atoms with van der Waals surface area (Å²) in [4.78, 5) is 13.8. The van der Waals surface area contributed by atoms with Crippen LogP contribution in [-0.2, 0) is 19.6 Å². The molecule has 25 heavy (non-hydrogen) atoms. The fourth-order valence-electron chi connectivity index (χ4n) is 3.33. The number of nitrogens with zero attached hydrogens (tertiary/aromatic N) is 5. The molecule has 1 unspecified atom stereocenters. The van der Waals surface area contributed by atoms with Gasteiger partial charge in [-0.3, -0.25) is 9.80 Å². The number of methoxy groups -OCH3 is 1. The molecule has 0 spiro atoms. The lowest BCUT2D eigenvalue weighted by Gasteiger charge is -2.35. The lowest BCUT2D eigenvalue weighted by Crippen LogP contribution is -2.37. The first kappa shape index (κ1) is 17.9. The van der Waals surface area contributed by atoms with Crippen molar-refractivity contribution < 1.29 is 4.74 Å². The van der Waals surface area contributed by atoms with Crippen LogP contribution in [0.2, 0.25) is 0 Å². The van der Waals surface area contributed by atoms with E-state index in [1.54, 1.807) is 13.3 Å². The Kier molecular flexibility index (Phi) is 5.39.